The maximum absolute atomic E-state index is 10.2. The van der Waals surface area contributed by atoms with E-state index in [1.165, 1.54) is 0 Å². The lowest BCUT2D eigenvalue weighted by molar-refractivity contribution is 0.152. The smallest absolute Gasteiger partial charge is 0.122 e. The largest absolute Gasteiger partial charge is 0.496 e. The highest BCUT2D eigenvalue weighted by molar-refractivity contribution is 5.46. The number of hydrogen-bond donors (Lipinski definition) is 2. The Morgan fingerprint density at radius 1 is 1.28 bits per heavy atom. The molecule has 0 fully saturated rings. The van der Waals surface area contributed by atoms with Gasteiger partial charge in [-0.05, 0) is 48.1 Å². The van der Waals surface area contributed by atoms with Crippen molar-refractivity contribution in [3.8, 4) is 5.75 Å². The van der Waals surface area contributed by atoms with Gasteiger partial charge in [0.1, 0.15) is 5.75 Å². The minimum atomic E-state index is -0.642. The molecule has 3 heteroatoms. The van der Waals surface area contributed by atoms with Crippen molar-refractivity contribution in [1.82, 2.24) is 0 Å². The predicted molar refractivity (Wildman–Crippen MR) is 75.0 cm³/mol. The van der Waals surface area contributed by atoms with Crippen LogP contribution < -0.4 is 10.5 Å². The van der Waals surface area contributed by atoms with Crippen LogP contribution in [0.3, 0.4) is 0 Å². The Morgan fingerprint density at radius 2 is 1.83 bits per heavy atom. The van der Waals surface area contributed by atoms with Crippen molar-refractivity contribution in [2.24, 2.45) is 5.73 Å². The molecular weight excluding hydrogens is 226 g/mol. The highest BCUT2D eigenvalue weighted by Crippen LogP contribution is 2.35. The number of aliphatic hydroxyl groups excluding tert-OH is 1. The molecule has 0 heterocycles. The summed E-state index contributed by atoms with van der Waals surface area (Å²) in [5.74, 6) is 0.862. The molecule has 2 unspecified atom stereocenters. The lowest BCUT2D eigenvalue weighted by Crippen LogP contribution is -2.25. The van der Waals surface area contributed by atoms with Crippen LogP contribution >= 0.6 is 0 Å². The Kier molecular flexibility index (Phi) is 4.41. The second-order valence-electron chi connectivity index (χ2n) is 5.96. The van der Waals surface area contributed by atoms with E-state index in [1.54, 1.807) is 7.11 Å². The molecule has 0 spiro atoms. The van der Waals surface area contributed by atoms with Gasteiger partial charge < -0.3 is 15.6 Å². The van der Waals surface area contributed by atoms with E-state index in [1.807, 2.05) is 26.0 Å². The molecule has 3 nitrogen and oxygen atoms in total. The molecule has 18 heavy (non-hydrogen) atoms. The quantitative estimate of drug-likeness (QED) is 0.868. The second kappa shape index (κ2) is 5.29. The summed E-state index contributed by atoms with van der Waals surface area (Å²) in [6.07, 6.45) is -0.642. The number of aliphatic hydroxyl groups is 1. The number of hydrogen-bond acceptors (Lipinski definition) is 3. The minimum absolute atomic E-state index is 0.0364. The van der Waals surface area contributed by atoms with Crippen LogP contribution in [-0.2, 0) is 5.41 Å². The summed E-state index contributed by atoms with van der Waals surface area (Å²) in [5.41, 5.74) is 8.73. The molecule has 102 valence electrons. The average Bonchev–Trinajstić information content (AvgIpc) is 2.25. The number of methoxy groups -OCH3 is 1. The molecule has 0 bridgehead atoms. The van der Waals surface area contributed by atoms with Gasteiger partial charge in [0.25, 0.3) is 0 Å². The highest BCUT2D eigenvalue weighted by atomic mass is 16.5. The van der Waals surface area contributed by atoms with Crippen molar-refractivity contribution in [2.75, 3.05) is 7.11 Å². The van der Waals surface area contributed by atoms with Crippen LogP contribution in [0.25, 0.3) is 0 Å². The van der Waals surface area contributed by atoms with Crippen molar-refractivity contribution < 1.29 is 9.84 Å². The van der Waals surface area contributed by atoms with E-state index in [9.17, 15) is 5.11 Å². The molecule has 0 radical (unpaired) electrons. The van der Waals surface area contributed by atoms with Gasteiger partial charge in [-0.1, -0.05) is 20.8 Å². The molecule has 1 aromatic rings. The molecule has 0 amide bonds. The van der Waals surface area contributed by atoms with E-state index in [0.29, 0.717) is 0 Å². The SMILES string of the molecule is COc1cc(C)c(C(O)C(C)N)cc1C(C)(C)C. The zero-order chi connectivity index (χ0) is 14.1. The maximum Gasteiger partial charge on any atom is 0.122 e. The summed E-state index contributed by atoms with van der Waals surface area (Å²) in [7, 11) is 1.67. The predicted octanol–water partition coefficient (Wildman–Crippen LogP) is 2.68. The summed E-state index contributed by atoms with van der Waals surface area (Å²) in [4.78, 5) is 0. The lowest BCUT2D eigenvalue weighted by atomic mass is 9.83. The Labute approximate surface area is 110 Å². The zero-order valence-electron chi connectivity index (χ0n) is 12.2. The van der Waals surface area contributed by atoms with Gasteiger partial charge in [0.15, 0.2) is 0 Å². The van der Waals surface area contributed by atoms with Crippen molar-refractivity contribution in [3.63, 3.8) is 0 Å². The van der Waals surface area contributed by atoms with Crippen LogP contribution in [0.15, 0.2) is 12.1 Å². The first-order valence-corrected chi connectivity index (χ1v) is 6.31. The van der Waals surface area contributed by atoms with Crippen molar-refractivity contribution in [2.45, 2.75) is 52.2 Å². The molecule has 0 aliphatic rings. The Bertz CT molecular complexity index is 419. The number of nitrogens with two attached hydrogens (primary N) is 1. The summed E-state index contributed by atoms with van der Waals surface area (Å²) in [5, 5.41) is 10.2. The standard InChI is InChI=1S/C15H25NO2/c1-9-7-13(18-6)12(15(3,4)5)8-11(9)14(17)10(2)16/h7-8,10,14,17H,16H2,1-6H3. The molecule has 1 aromatic carbocycles. The fraction of sp³-hybridized carbons (Fsp3) is 0.600. The lowest BCUT2D eigenvalue weighted by Gasteiger charge is -2.26. The molecular formula is C15H25NO2. The van der Waals surface area contributed by atoms with E-state index < -0.39 is 6.10 Å². The van der Waals surface area contributed by atoms with E-state index in [-0.39, 0.29) is 11.5 Å². The third-order valence-corrected chi connectivity index (χ3v) is 3.21. The maximum atomic E-state index is 10.2. The second-order valence-corrected chi connectivity index (χ2v) is 5.96. The molecule has 0 aliphatic carbocycles. The van der Waals surface area contributed by atoms with Gasteiger partial charge in [-0.2, -0.15) is 0 Å². The monoisotopic (exact) mass is 251 g/mol. The zero-order valence-corrected chi connectivity index (χ0v) is 12.2. The first-order chi connectivity index (χ1) is 8.18. The van der Waals surface area contributed by atoms with Gasteiger partial charge in [-0.3, -0.25) is 0 Å². The first-order valence-electron chi connectivity index (χ1n) is 6.31. The summed E-state index contributed by atoms with van der Waals surface area (Å²) >= 11 is 0. The third-order valence-electron chi connectivity index (χ3n) is 3.21. The first kappa shape index (κ1) is 15.0. The van der Waals surface area contributed by atoms with Crippen LogP contribution in [-0.4, -0.2) is 18.3 Å². The molecule has 2 atom stereocenters. The van der Waals surface area contributed by atoms with Crippen molar-refractivity contribution in [1.29, 1.82) is 0 Å². The van der Waals surface area contributed by atoms with E-state index in [4.69, 9.17) is 10.5 Å². The van der Waals surface area contributed by atoms with Crippen molar-refractivity contribution in [3.05, 3.63) is 28.8 Å². The van der Waals surface area contributed by atoms with Gasteiger partial charge in [-0.15, -0.1) is 0 Å². The number of rotatable bonds is 3. The Morgan fingerprint density at radius 3 is 2.22 bits per heavy atom. The molecule has 3 N–H and O–H groups in total. The molecule has 0 saturated heterocycles. The van der Waals surface area contributed by atoms with E-state index in [2.05, 4.69) is 20.8 Å². The van der Waals surface area contributed by atoms with Crippen LogP contribution in [0.2, 0.25) is 0 Å². The third kappa shape index (κ3) is 3.03. The number of ether oxygens (including phenoxy) is 1. The fourth-order valence-corrected chi connectivity index (χ4v) is 2.06. The van der Waals surface area contributed by atoms with Gasteiger partial charge in [0.2, 0.25) is 0 Å². The van der Waals surface area contributed by atoms with Crippen LogP contribution in [0.1, 0.15) is 50.5 Å². The van der Waals surface area contributed by atoms with E-state index in [0.717, 1.165) is 22.4 Å². The summed E-state index contributed by atoms with van der Waals surface area (Å²) < 4.78 is 5.44. The minimum Gasteiger partial charge on any atom is -0.496 e. The molecule has 1 rings (SSSR count). The topological polar surface area (TPSA) is 55.5 Å². The summed E-state index contributed by atoms with van der Waals surface area (Å²) in [6, 6.07) is 3.70. The number of benzene rings is 1. The van der Waals surface area contributed by atoms with Crippen molar-refractivity contribution >= 4 is 0 Å². The van der Waals surface area contributed by atoms with Crippen LogP contribution in [0.5, 0.6) is 5.75 Å². The fourth-order valence-electron chi connectivity index (χ4n) is 2.06. The van der Waals surface area contributed by atoms with E-state index >= 15 is 0 Å². The van der Waals surface area contributed by atoms with Gasteiger partial charge in [0.05, 0.1) is 13.2 Å². The molecule has 0 aliphatic heterocycles. The Hall–Kier alpha value is -1.06. The Balaban J connectivity index is 3.39. The molecule has 0 saturated carbocycles. The van der Waals surface area contributed by atoms with Crippen LogP contribution in [0.4, 0.5) is 0 Å². The normalized spacial score (nSPS) is 15.3. The molecule has 0 aromatic heterocycles. The van der Waals surface area contributed by atoms with Crippen LogP contribution in [0, 0.1) is 6.92 Å². The van der Waals surface area contributed by atoms with Gasteiger partial charge >= 0.3 is 0 Å². The number of aryl methyl sites for hydroxylation is 1. The average molecular weight is 251 g/mol. The summed E-state index contributed by atoms with van der Waals surface area (Å²) in [6.45, 7) is 10.2. The van der Waals surface area contributed by atoms with Gasteiger partial charge in [0, 0.05) is 6.04 Å². The van der Waals surface area contributed by atoms with Gasteiger partial charge in [-0.25, -0.2) is 0 Å². The highest BCUT2D eigenvalue weighted by Gasteiger charge is 2.23.